The number of rotatable bonds is 1. The van der Waals surface area contributed by atoms with Crippen molar-refractivity contribution in [2.24, 2.45) is 0 Å². The molecular formula is C12H16N6O4. The maximum atomic E-state index is 10.4. The highest BCUT2D eigenvalue weighted by molar-refractivity contribution is 5.94. The van der Waals surface area contributed by atoms with Gasteiger partial charge in [-0.3, -0.25) is 4.79 Å². The molecule has 2 aromatic heterocycles. The van der Waals surface area contributed by atoms with Gasteiger partial charge in [0.15, 0.2) is 5.69 Å². The molecule has 22 heavy (non-hydrogen) atoms. The summed E-state index contributed by atoms with van der Waals surface area (Å²) in [5, 5.41) is 15.4. The SMILES string of the molecule is Nc1cccnc1N.Nc1ccnc(C(=O)O)c1N.O=CO. The Kier molecular flexibility index (Phi) is 7.85. The maximum Gasteiger partial charge on any atom is 0.356 e. The first-order chi connectivity index (χ1) is 10.3. The summed E-state index contributed by atoms with van der Waals surface area (Å²) < 4.78 is 0. The molecule has 2 aromatic rings. The van der Waals surface area contributed by atoms with Gasteiger partial charge in [0, 0.05) is 12.4 Å². The summed E-state index contributed by atoms with van der Waals surface area (Å²) in [7, 11) is 0. The lowest BCUT2D eigenvalue weighted by Crippen LogP contribution is -2.07. The summed E-state index contributed by atoms with van der Waals surface area (Å²) in [4.78, 5) is 26.0. The molecule has 0 amide bonds. The van der Waals surface area contributed by atoms with Crippen LogP contribution in [0.25, 0.3) is 0 Å². The van der Waals surface area contributed by atoms with E-state index < -0.39 is 5.97 Å². The average Bonchev–Trinajstić information content (AvgIpc) is 2.46. The molecule has 10 heteroatoms. The summed E-state index contributed by atoms with van der Waals surface area (Å²) in [6.45, 7) is -0.250. The first kappa shape index (κ1) is 18.4. The number of anilines is 4. The van der Waals surface area contributed by atoms with Crippen molar-refractivity contribution in [3.05, 3.63) is 36.3 Å². The Bertz CT molecular complexity index is 614. The first-order valence-electron chi connectivity index (χ1n) is 5.62. The highest BCUT2D eigenvalue weighted by atomic mass is 16.4. The van der Waals surface area contributed by atoms with Crippen molar-refractivity contribution < 1.29 is 19.8 Å². The van der Waals surface area contributed by atoms with Crippen molar-refractivity contribution in [1.29, 1.82) is 0 Å². The van der Waals surface area contributed by atoms with Gasteiger partial charge in [-0.15, -0.1) is 0 Å². The molecule has 0 saturated heterocycles. The van der Waals surface area contributed by atoms with E-state index in [-0.39, 0.29) is 23.5 Å². The standard InChI is InChI=1S/C6H7N3O2.C5H7N3.CH2O2/c7-3-1-2-9-5(4(3)8)6(10)11;6-4-2-1-3-8-5(4)7;2-1-3/h1-2H,8H2,(H2,7,9)(H,10,11);1-3H,6H2,(H2,7,8);1H,(H,2,3). The summed E-state index contributed by atoms with van der Waals surface area (Å²) in [6, 6.07) is 4.90. The molecule has 0 aromatic carbocycles. The van der Waals surface area contributed by atoms with E-state index in [1.807, 2.05) is 0 Å². The highest BCUT2D eigenvalue weighted by Crippen LogP contribution is 2.16. The highest BCUT2D eigenvalue weighted by Gasteiger charge is 2.10. The van der Waals surface area contributed by atoms with Crippen LogP contribution in [0.4, 0.5) is 22.9 Å². The van der Waals surface area contributed by atoms with E-state index in [1.165, 1.54) is 12.3 Å². The van der Waals surface area contributed by atoms with Crippen LogP contribution in [0.3, 0.4) is 0 Å². The zero-order chi connectivity index (χ0) is 17.1. The third-order valence-electron chi connectivity index (χ3n) is 2.10. The van der Waals surface area contributed by atoms with Crippen LogP contribution < -0.4 is 22.9 Å². The lowest BCUT2D eigenvalue weighted by Gasteiger charge is -2.00. The molecule has 118 valence electrons. The van der Waals surface area contributed by atoms with Crippen LogP contribution in [-0.4, -0.2) is 32.6 Å². The molecule has 10 nitrogen and oxygen atoms in total. The van der Waals surface area contributed by atoms with Gasteiger partial charge < -0.3 is 33.1 Å². The molecule has 0 bridgehead atoms. The van der Waals surface area contributed by atoms with E-state index in [4.69, 9.17) is 37.9 Å². The zero-order valence-corrected chi connectivity index (χ0v) is 11.4. The second kappa shape index (κ2) is 9.36. The molecule has 0 fully saturated rings. The van der Waals surface area contributed by atoms with Crippen LogP contribution in [-0.2, 0) is 4.79 Å². The van der Waals surface area contributed by atoms with E-state index in [1.54, 1.807) is 18.3 Å². The lowest BCUT2D eigenvalue weighted by molar-refractivity contribution is -0.122. The second-order valence-corrected chi connectivity index (χ2v) is 3.55. The molecule has 2 heterocycles. The van der Waals surface area contributed by atoms with Gasteiger partial charge in [0.1, 0.15) is 5.82 Å². The number of carboxylic acid groups (broad SMARTS) is 2. The van der Waals surface area contributed by atoms with Gasteiger partial charge in [0.25, 0.3) is 6.47 Å². The summed E-state index contributed by atoms with van der Waals surface area (Å²) in [6.07, 6.45) is 2.90. The Morgan fingerprint density at radius 1 is 1.05 bits per heavy atom. The Balaban J connectivity index is 0.000000352. The molecule has 0 aliphatic rings. The monoisotopic (exact) mass is 308 g/mol. The van der Waals surface area contributed by atoms with Crippen LogP contribution in [0.15, 0.2) is 30.6 Å². The van der Waals surface area contributed by atoms with Gasteiger partial charge in [0.2, 0.25) is 0 Å². The molecule has 0 aliphatic heterocycles. The van der Waals surface area contributed by atoms with Gasteiger partial charge in [-0.05, 0) is 18.2 Å². The summed E-state index contributed by atoms with van der Waals surface area (Å²) in [5.41, 5.74) is 21.8. The summed E-state index contributed by atoms with van der Waals surface area (Å²) >= 11 is 0. The van der Waals surface area contributed by atoms with Gasteiger partial charge in [-0.25, -0.2) is 14.8 Å². The number of carboxylic acids is 1. The van der Waals surface area contributed by atoms with Crippen molar-refractivity contribution in [3.63, 3.8) is 0 Å². The molecule has 2 rings (SSSR count). The van der Waals surface area contributed by atoms with E-state index in [0.717, 1.165) is 0 Å². The van der Waals surface area contributed by atoms with Crippen LogP contribution in [0, 0.1) is 0 Å². The average molecular weight is 308 g/mol. The van der Waals surface area contributed by atoms with E-state index in [0.29, 0.717) is 11.5 Å². The second-order valence-electron chi connectivity index (χ2n) is 3.55. The molecule has 0 radical (unpaired) electrons. The molecular weight excluding hydrogens is 292 g/mol. The number of pyridine rings is 2. The van der Waals surface area contributed by atoms with Gasteiger partial charge in [0.05, 0.1) is 17.1 Å². The number of aromatic carboxylic acids is 1. The van der Waals surface area contributed by atoms with Crippen molar-refractivity contribution in [2.75, 3.05) is 22.9 Å². The molecule has 0 unspecified atom stereocenters. The van der Waals surface area contributed by atoms with Crippen LogP contribution in [0.5, 0.6) is 0 Å². The predicted molar refractivity (Wildman–Crippen MR) is 81.8 cm³/mol. The predicted octanol–water partition coefficient (Wildman–Crippen LogP) is -0.109. The number of hydrogen-bond acceptors (Lipinski definition) is 8. The third kappa shape index (κ3) is 6.06. The molecule has 0 atom stereocenters. The number of nitrogen functional groups attached to an aromatic ring is 4. The quantitative estimate of drug-likeness (QED) is 0.385. The normalized spacial score (nSPS) is 8.55. The van der Waals surface area contributed by atoms with Crippen molar-refractivity contribution in [3.8, 4) is 0 Å². The minimum absolute atomic E-state index is 0.0139. The Hall–Kier alpha value is -3.56. The lowest BCUT2D eigenvalue weighted by atomic mass is 10.2. The van der Waals surface area contributed by atoms with Crippen molar-refractivity contribution in [2.45, 2.75) is 0 Å². The number of nitrogens with zero attached hydrogens (tertiary/aromatic N) is 2. The van der Waals surface area contributed by atoms with Gasteiger partial charge in [-0.2, -0.15) is 0 Å². The topological polar surface area (TPSA) is 204 Å². The van der Waals surface area contributed by atoms with Crippen LogP contribution in [0.2, 0.25) is 0 Å². The Morgan fingerprint density at radius 3 is 2.00 bits per heavy atom. The minimum Gasteiger partial charge on any atom is -0.483 e. The molecule has 0 aliphatic carbocycles. The van der Waals surface area contributed by atoms with Gasteiger partial charge >= 0.3 is 5.97 Å². The van der Waals surface area contributed by atoms with Crippen molar-refractivity contribution in [1.82, 2.24) is 9.97 Å². The fourth-order valence-corrected chi connectivity index (χ4v) is 1.09. The van der Waals surface area contributed by atoms with Crippen molar-refractivity contribution >= 4 is 35.3 Å². The van der Waals surface area contributed by atoms with E-state index in [9.17, 15) is 4.79 Å². The third-order valence-corrected chi connectivity index (χ3v) is 2.10. The number of hydrogen-bond donors (Lipinski definition) is 6. The van der Waals surface area contributed by atoms with Gasteiger partial charge in [-0.1, -0.05) is 0 Å². The molecule has 10 N–H and O–H groups in total. The Labute approximate surface area is 125 Å². The maximum absolute atomic E-state index is 10.4. The Morgan fingerprint density at radius 2 is 1.64 bits per heavy atom. The molecule has 0 spiro atoms. The summed E-state index contributed by atoms with van der Waals surface area (Å²) in [5.74, 6) is -0.776. The number of nitrogens with two attached hydrogens (primary N) is 4. The zero-order valence-electron chi connectivity index (χ0n) is 11.4. The first-order valence-corrected chi connectivity index (χ1v) is 5.62. The van der Waals surface area contributed by atoms with E-state index in [2.05, 4.69) is 9.97 Å². The van der Waals surface area contributed by atoms with E-state index >= 15 is 0 Å². The number of aromatic nitrogens is 2. The fourth-order valence-electron chi connectivity index (χ4n) is 1.09. The largest absolute Gasteiger partial charge is 0.483 e. The smallest absolute Gasteiger partial charge is 0.356 e. The molecule has 0 saturated carbocycles. The van der Waals surface area contributed by atoms with Crippen LogP contribution in [0.1, 0.15) is 10.5 Å². The fraction of sp³-hybridized carbons (Fsp3) is 0. The minimum atomic E-state index is -1.17. The number of carbonyl (C=O) groups is 2. The van der Waals surface area contributed by atoms with Crippen LogP contribution >= 0.6 is 0 Å².